The van der Waals surface area contributed by atoms with Gasteiger partial charge in [0.05, 0.1) is 0 Å². The van der Waals surface area contributed by atoms with Gasteiger partial charge in [0.1, 0.15) is 12.1 Å². The zero-order valence-corrected chi connectivity index (χ0v) is 9.08. The Hall–Kier alpha value is -1.06. The van der Waals surface area contributed by atoms with Crippen molar-refractivity contribution in [1.82, 2.24) is 10.6 Å². The minimum atomic E-state index is -0.377. The number of rotatable bonds is 1. The number of amides is 2. The van der Waals surface area contributed by atoms with Gasteiger partial charge in [-0.3, -0.25) is 9.59 Å². The number of hydrogen-bond donors (Lipinski definition) is 2. The van der Waals surface area contributed by atoms with Gasteiger partial charge in [-0.05, 0) is 25.7 Å². The van der Waals surface area contributed by atoms with Gasteiger partial charge in [-0.1, -0.05) is 19.3 Å². The van der Waals surface area contributed by atoms with Gasteiger partial charge in [-0.2, -0.15) is 0 Å². The first-order chi connectivity index (χ1) is 7.18. The summed E-state index contributed by atoms with van der Waals surface area (Å²) in [4.78, 5) is 23.2. The van der Waals surface area contributed by atoms with Crippen LogP contribution >= 0.6 is 0 Å². The Bertz CT molecular complexity index is 272. The van der Waals surface area contributed by atoms with Gasteiger partial charge in [0, 0.05) is 0 Å². The molecular weight excluding hydrogens is 192 g/mol. The fraction of sp³-hybridized carbons (Fsp3) is 0.818. The molecule has 1 aliphatic heterocycles. The van der Waals surface area contributed by atoms with E-state index in [0.29, 0.717) is 5.92 Å². The minimum Gasteiger partial charge on any atom is -0.343 e. The zero-order chi connectivity index (χ0) is 10.8. The largest absolute Gasteiger partial charge is 0.343 e. The standard InChI is InChI=1S/C11H18N2O2/c1-7-10(14)13-9(11(15)12-7)8-5-3-2-4-6-8/h7-9H,2-6H2,1H3,(H,12,15)(H,13,14). The fourth-order valence-electron chi connectivity index (χ4n) is 2.51. The fourth-order valence-corrected chi connectivity index (χ4v) is 2.51. The Labute approximate surface area is 89.8 Å². The molecule has 84 valence electrons. The lowest BCUT2D eigenvalue weighted by Crippen LogP contribution is -2.63. The predicted molar refractivity (Wildman–Crippen MR) is 56.1 cm³/mol. The van der Waals surface area contributed by atoms with Gasteiger partial charge < -0.3 is 10.6 Å². The molecule has 0 aromatic rings. The third kappa shape index (κ3) is 2.13. The van der Waals surface area contributed by atoms with Crippen LogP contribution in [0.2, 0.25) is 0 Å². The highest BCUT2D eigenvalue weighted by Gasteiger charge is 2.36. The van der Waals surface area contributed by atoms with Crippen LogP contribution in [0.5, 0.6) is 0 Å². The Balaban J connectivity index is 2.01. The second kappa shape index (κ2) is 4.21. The number of nitrogens with one attached hydrogen (secondary N) is 2. The topological polar surface area (TPSA) is 58.2 Å². The predicted octanol–water partition coefficient (Wildman–Crippen LogP) is 0.570. The Morgan fingerprint density at radius 3 is 2.33 bits per heavy atom. The molecule has 1 saturated carbocycles. The average Bonchev–Trinajstić information content (AvgIpc) is 2.25. The number of carbonyl (C=O) groups is 2. The summed E-state index contributed by atoms with van der Waals surface area (Å²) < 4.78 is 0. The SMILES string of the molecule is CC1NC(=O)C(C2CCCCC2)NC1=O. The maximum atomic E-state index is 11.7. The monoisotopic (exact) mass is 210 g/mol. The summed E-state index contributed by atoms with van der Waals surface area (Å²) in [5, 5.41) is 5.56. The van der Waals surface area contributed by atoms with Crippen LogP contribution in [0.25, 0.3) is 0 Å². The molecule has 2 fully saturated rings. The average molecular weight is 210 g/mol. The van der Waals surface area contributed by atoms with Crippen molar-refractivity contribution in [1.29, 1.82) is 0 Å². The molecule has 2 unspecified atom stereocenters. The van der Waals surface area contributed by atoms with Crippen molar-refractivity contribution >= 4 is 11.8 Å². The van der Waals surface area contributed by atoms with E-state index in [9.17, 15) is 9.59 Å². The van der Waals surface area contributed by atoms with E-state index in [1.807, 2.05) is 0 Å². The summed E-state index contributed by atoms with van der Waals surface area (Å²) in [5.41, 5.74) is 0. The van der Waals surface area contributed by atoms with Crippen molar-refractivity contribution in [2.75, 3.05) is 0 Å². The van der Waals surface area contributed by atoms with Crippen LogP contribution in [0.1, 0.15) is 39.0 Å². The first kappa shape index (κ1) is 10.5. The second-order valence-electron chi connectivity index (χ2n) is 4.61. The molecule has 2 rings (SSSR count). The highest BCUT2D eigenvalue weighted by atomic mass is 16.2. The van der Waals surface area contributed by atoms with Crippen LogP contribution < -0.4 is 10.6 Å². The molecule has 15 heavy (non-hydrogen) atoms. The van der Waals surface area contributed by atoms with Crippen molar-refractivity contribution < 1.29 is 9.59 Å². The molecule has 4 nitrogen and oxygen atoms in total. The molecule has 0 spiro atoms. The summed E-state index contributed by atoms with van der Waals surface area (Å²) in [7, 11) is 0. The van der Waals surface area contributed by atoms with Gasteiger partial charge in [0.15, 0.2) is 0 Å². The summed E-state index contributed by atoms with van der Waals surface area (Å²) in [5.74, 6) is 0.286. The third-order valence-corrected chi connectivity index (χ3v) is 3.45. The van der Waals surface area contributed by atoms with Gasteiger partial charge in [0.25, 0.3) is 0 Å². The van der Waals surface area contributed by atoms with E-state index < -0.39 is 0 Å². The molecule has 4 heteroatoms. The van der Waals surface area contributed by atoms with E-state index in [1.54, 1.807) is 6.92 Å². The van der Waals surface area contributed by atoms with Crippen LogP contribution in [0.4, 0.5) is 0 Å². The zero-order valence-electron chi connectivity index (χ0n) is 9.08. The molecule has 2 aliphatic rings. The summed E-state index contributed by atoms with van der Waals surface area (Å²) in [6.07, 6.45) is 5.74. The molecule has 1 aliphatic carbocycles. The molecule has 2 amide bonds. The van der Waals surface area contributed by atoms with E-state index >= 15 is 0 Å². The lowest BCUT2D eigenvalue weighted by molar-refractivity contribution is -0.138. The van der Waals surface area contributed by atoms with E-state index in [0.717, 1.165) is 12.8 Å². The van der Waals surface area contributed by atoms with E-state index in [1.165, 1.54) is 19.3 Å². The van der Waals surface area contributed by atoms with Crippen LogP contribution in [-0.2, 0) is 9.59 Å². The Kier molecular flexibility index (Phi) is 2.93. The van der Waals surface area contributed by atoms with Crippen molar-refractivity contribution in [3.8, 4) is 0 Å². The quantitative estimate of drug-likeness (QED) is 0.664. The Morgan fingerprint density at radius 1 is 1.00 bits per heavy atom. The van der Waals surface area contributed by atoms with Crippen molar-refractivity contribution in [3.63, 3.8) is 0 Å². The molecule has 0 aromatic heterocycles. The molecule has 1 saturated heterocycles. The minimum absolute atomic E-state index is 0.00556. The van der Waals surface area contributed by atoms with Gasteiger partial charge in [-0.15, -0.1) is 0 Å². The Morgan fingerprint density at radius 2 is 1.67 bits per heavy atom. The van der Waals surface area contributed by atoms with Gasteiger partial charge >= 0.3 is 0 Å². The van der Waals surface area contributed by atoms with Crippen molar-refractivity contribution in [3.05, 3.63) is 0 Å². The van der Waals surface area contributed by atoms with E-state index in [4.69, 9.17) is 0 Å². The summed E-state index contributed by atoms with van der Waals surface area (Å²) in [6.45, 7) is 1.71. The molecule has 1 heterocycles. The third-order valence-electron chi connectivity index (χ3n) is 3.45. The molecule has 2 atom stereocenters. The number of carbonyl (C=O) groups excluding carboxylic acids is 2. The first-order valence-electron chi connectivity index (χ1n) is 5.79. The van der Waals surface area contributed by atoms with Crippen LogP contribution in [0.15, 0.2) is 0 Å². The summed E-state index contributed by atoms with van der Waals surface area (Å²) >= 11 is 0. The maximum Gasteiger partial charge on any atom is 0.243 e. The highest BCUT2D eigenvalue weighted by molar-refractivity contribution is 5.96. The number of piperazine rings is 1. The lowest BCUT2D eigenvalue weighted by atomic mass is 9.82. The molecule has 0 bridgehead atoms. The normalized spacial score (nSPS) is 33.4. The molecule has 2 N–H and O–H groups in total. The summed E-state index contributed by atoms with van der Waals surface area (Å²) in [6, 6.07) is -0.661. The molecule has 0 radical (unpaired) electrons. The van der Waals surface area contributed by atoms with E-state index in [2.05, 4.69) is 10.6 Å². The number of hydrogen-bond acceptors (Lipinski definition) is 2. The van der Waals surface area contributed by atoms with Crippen LogP contribution in [-0.4, -0.2) is 23.9 Å². The van der Waals surface area contributed by atoms with Gasteiger partial charge in [-0.25, -0.2) is 0 Å². The second-order valence-corrected chi connectivity index (χ2v) is 4.61. The van der Waals surface area contributed by atoms with E-state index in [-0.39, 0.29) is 23.9 Å². The molecule has 0 aromatic carbocycles. The van der Waals surface area contributed by atoms with Crippen LogP contribution in [0, 0.1) is 5.92 Å². The molecular formula is C11H18N2O2. The van der Waals surface area contributed by atoms with Gasteiger partial charge in [0.2, 0.25) is 11.8 Å². The smallest absolute Gasteiger partial charge is 0.243 e. The van der Waals surface area contributed by atoms with Crippen molar-refractivity contribution in [2.45, 2.75) is 51.1 Å². The highest BCUT2D eigenvalue weighted by Crippen LogP contribution is 2.27. The first-order valence-corrected chi connectivity index (χ1v) is 5.79. The lowest BCUT2D eigenvalue weighted by Gasteiger charge is -2.34. The maximum absolute atomic E-state index is 11.7. The van der Waals surface area contributed by atoms with Crippen LogP contribution in [0.3, 0.4) is 0 Å². The van der Waals surface area contributed by atoms with Crippen molar-refractivity contribution in [2.24, 2.45) is 5.92 Å².